The van der Waals surface area contributed by atoms with Gasteiger partial charge in [0, 0.05) is 42.5 Å². The Balaban J connectivity index is 1.61. The SMILES string of the molecule is Cc1ccc(C(=O)NCc2ccc(N3CCNC(=O)C3)cc2)cc1[N+](=O)[O-]. The third-order valence-corrected chi connectivity index (χ3v) is 4.46. The lowest BCUT2D eigenvalue weighted by Crippen LogP contribution is -2.47. The van der Waals surface area contributed by atoms with Crippen molar-refractivity contribution in [1.82, 2.24) is 10.6 Å². The normalized spacial score (nSPS) is 13.8. The van der Waals surface area contributed by atoms with Crippen molar-refractivity contribution in [1.29, 1.82) is 0 Å². The van der Waals surface area contributed by atoms with Gasteiger partial charge < -0.3 is 15.5 Å². The first-order chi connectivity index (χ1) is 12.9. The molecular weight excluding hydrogens is 348 g/mol. The first-order valence-electron chi connectivity index (χ1n) is 8.58. The molecule has 140 valence electrons. The maximum atomic E-state index is 12.3. The Hall–Kier alpha value is -3.42. The number of benzene rings is 2. The molecule has 1 heterocycles. The molecule has 0 aromatic heterocycles. The fourth-order valence-electron chi connectivity index (χ4n) is 2.92. The minimum atomic E-state index is -0.494. The highest BCUT2D eigenvalue weighted by Gasteiger charge is 2.17. The Kier molecular flexibility index (Phi) is 5.35. The molecule has 0 atom stereocenters. The number of anilines is 1. The van der Waals surface area contributed by atoms with E-state index in [1.54, 1.807) is 19.1 Å². The van der Waals surface area contributed by atoms with E-state index in [1.807, 2.05) is 29.2 Å². The van der Waals surface area contributed by atoms with Gasteiger partial charge in [0.1, 0.15) is 0 Å². The Bertz CT molecular complexity index is 880. The van der Waals surface area contributed by atoms with Crippen LogP contribution in [-0.2, 0) is 11.3 Å². The van der Waals surface area contributed by atoms with Gasteiger partial charge in [-0.2, -0.15) is 0 Å². The third-order valence-electron chi connectivity index (χ3n) is 4.46. The van der Waals surface area contributed by atoms with Gasteiger partial charge in [-0.3, -0.25) is 19.7 Å². The number of nitrogens with zero attached hydrogens (tertiary/aromatic N) is 2. The quantitative estimate of drug-likeness (QED) is 0.618. The lowest BCUT2D eigenvalue weighted by Gasteiger charge is -2.28. The molecule has 1 saturated heterocycles. The maximum Gasteiger partial charge on any atom is 0.273 e. The van der Waals surface area contributed by atoms with Gasteiger partial charge in [-0.15, -0.1) is 0 Å². The average molecular weight is 368 g/mol. The second-order valence-corrected chi connectivity index (χ2v) is 6.38. The van der Waals surface area contributed by atoms with E-state index in [2.05, 4.69) is 10.6 Å². The first-order valence-corrected chi connectivity index (χ1v) is 8.58. The Morgan fingerprint density at radius 3 is 2.67 bits per heavy atom. The van der Waals surface area contributed by atoms with Gasteiger partial charge in [-0.25, -0.2) is 0 Å². The summed E-state index contributed by atoms with van der Waals surface area (Å²) in [6.45, 7) is 3.66. The van der Waals surface area contributed by atoms with Crippen molar-refractivity contribution in [2.75, 3.05) is 24.5 Å². The summed E-state index contributed by atoms with van der Waals surface area (Å²) >= 11 is 0. The van der Waals surface area contributed by atoms with Crippen molar-refractivity contribution in [3.8, 4) is 0 Å². The molecule has 2 aromatic carbocycles. The highest BCUT2D eigenvalue weighted by molar-refractivity contribution is 5.95. The van der Waals surface area contributed by atoms with Crippen LogP contribution in [-0.4, -0.2) is 36.4 Å². The van der Waals surface area contributed by atoms with E-state index in [-0.39, 0.29) is 23.1 Å². The number of aryl methyl sites for hydroxylation is 1. The Labute approximate surface area is 156 Å². The fourth-order valence-corrected chi connectivity index (χ4v) is 2.92. The summed E-state index contributed by atoms with van der Waals surface area (Å²) in [4.78, 5) is 36.2. The van der Waals surface area contributed by atoms with Gasteiger partial charge in [0.2, 0.25) is 5.91 Å². The van der Waals surface area contributed by atoms with Crippen LogP contribution in [0.15, 0.2) is 42.5 Å². The van der Waals surface area contributed by atoms with Gasteiger partial charge >= 0.3 is 0 Å². The molecule has 0 aliphatic carbocycles. The van der Waals surface area contributed by atoms with E-state index in [0.717, 1.165) is 17.8 Å². The summed E-state index contributed by atoms with van der Waals surface area (Å²) in [7, 11) is 0. The zero-order valence-electron chi connectivity index (χ0n) is 14.9. The number of hydrogen-bond acceptors (Lipinski definition) is 5. The second-order valence-electron chi connectivity index (χ2n) is 6.38. The van der Waals surface area contributed by atoms with Gasteiger partial charge in [0.15, 0.2) is 0 Å². The maximum absolute atomic E-state index is 12.3. The zero-order valence-corrected chi connectivity index (χ0v) is 14.9. The Morgan fingerprint density at radius 2 is 2.00 bits per heavy atom. The number of nitrogens with one attached hydrogen (secondary N) is 2. The molecule has 0 bridgehead atoms. The van der Waals surface area contributed by atoms with Gasteiger partial charge in [-0.05, 0) is 30.7 Å². The predicted octanol–water partition coefficient (Wildman–Crippen LogP) is 1.77. The van der Waals surface area contributed by atoms with Gasteiger partial charge in [0.05, 0.1) is 11.5 Å². The summed E-state index contributed by atoms with van der Waals surface area (Å²) in [6, 6.07) is 12.0. The fraction of sp³-hybridized carbons (Fsp3) is 0.263. The number of nitro groups is 1. The van der Waals surface area contributed by atoms with Gasteiger partial charge in [-0.1, -0.05) is 18.2 Å². The summed E-state index contributed by atoms with van der Waals surface area (Å²) < 4.78 is 0. The highest BCUT2D eigenvalue weighted by Crippen LogP contribution is 2.19. The van der Waals surface area contributed by atoms with Gasteiger partial charge in [0.25, 0.3) is 11.6 Å². The van der Waals surface area contributed by atoms with E-state index >= 15 is 0 Å². The molecule has 0 unspecified atom stereocenters. The molecule has 2 amide bonds. The van der Waals surface area contributed by atoms with E-state index < -0.39 is 4.92 Å². The molecule has 8 heteroatoms. The number of carbonyl (C=O) groups excluding carboxylic acids is 2. The van der Waals surface area contributed by atoms with Crippen LogP contribution in [0.2, 0.25) is 0 Å². The van der Waals surface area contributed by atoms with Crippen molar-refractivity contribution in [3.63, 3.8) is 0 Å². The number of carbonyl (C=O) groups is 2. The molecule has 1 fully saturated rings. The second kappa shape index (κ2) is 7.86. The van der Waals surface area contributed by atoms with Crippen LogP contribution in [0.4, 0.5) is 11.4 Å². The topological polar surface area (TPSA) is 105 Å². The average Bonchev–Trinajstić information content (AvgIpc) is 2.66. The van der Waals surface area contributed by atoms with Crippen molar-refractivity contribution in [2.24, 2.45) is 0 Å². The van der Waals surface area contributed by atoms with E-state index in [1.165, 1.54) is 6.07 Å². The van der Waals surface area contributed by atoms with E-state index in [4.69, 9.17) is 0 Å². The number of rotatable bonds is 5. The molecule has 8 nitrogen and oxygen atoms in total. The molecule has 2 aromatic rings. The van der Waals surface area contributed by atoms with Crippen molar-refractivity contribution in [2.45, 2.75) is 13.5 Å². The molecular formula is C19H20N4O4. The molecule has 27 heavy (non-hydrogen) atoms. The molecule has 1 aliphatic heterocycles. The van der Waals surface area contributed by atoms with E-state index in [9.17, 15) is 19.7 Å². The van der Waals surface area contributed by atoms with Crippen LogP contribution < -0.4 is 15.5 Å². The number of hydrogen-bond donors (Lipinski definition) is 2. The lowest BCUT2D eigenvalue weighted by molar-refractivity contribution is -0.385. The number of piperazine rings is 1. The number of amides is 2. The smallest absolute Gasteiger partial charge is 0.273 e. The predicted molar refractivity (Wildman–Crippen MR) is 101 cm³/mol. The van der Waals surface area contributed by atoms with Crippen LogP contribution >= 0.6 is 0 Å². The third kappa shape index (κ3) is 4.41. The molecule has 0 radical (unpaired) electrons. The molecule has 2 N–H and O–H groups in total. The number of nitro benzene ring substituents is 1. The van der Waals surface area contributed by atoms with E-state index in [0.29, 0.717) is 25.2 Å². The summed E-state index contributed by atoms with van der Waals surface area (Å²) in [5.74, 6) is -0.361. The summed E-state index contributed by atoms with van der Waals surface area (Å²) in [6.07, 6.45) is 0. The largest absolute Gasteiger partial charge is 0.360 e. The van der Waals surface area contributed by atoms with Crippen LogP contribution in [0.3, 0.4) is 0 Å². The van der Waals surface area contributed by atoms with Crippen LogP contribution in [0, 0.1) is 17.0 Å². The monoisotopic (exact) mass is 368 g/mol. The molecule has 1 aliphatic rings. The molecule has 0 spiro atoms. The van der Waals surface area contributed by atoms with Crippen LogP contribution in [0.1, 0.15) is 21.5 Å². The minimum absolute atomic E-state index is 0.00443. The van der Waals surface area contributed by atoms with Crippen LogP contribution in [0.25, 0.3) is 0 Å². The van der Waals surface area contributed by atoms with Crippen LogP contribution in [0.5, 0.6) is 0 Å². The van der Waals surface area contributed by atoms with Crippen molar-refractivity contribution in [3.05, 3.63) is 69.3 Å². The molecule has 3 rings (SSSR count). The molecule has 0 saturated carbocycles. The lowest BCUT2D eigenvalue weighted by atomic mass is 10.1. The van der Waals surface area contributed by atoms with Crippen molar-refractivity contribution >= 4 is 23.2 Å². The minimum Gasteiger partial charge on any atom is -0.360 e. The summed E-state index contributed by atoms with van der Waals surface area (Å²) in [5.41, 5.74) is 2.55. The highest BCUT2D eigenvalue weighted by atomic mass is 16.6. The standard InChI is InChI=1S/C19H20N4O4/c1-13-2-5-15(10-17(13)23(26)27)19(25)21-11-14-3-6-16(7-4-14)22-9-8-20-18(24)12-22/h2-7,10H,8-9,11-12H2,1H3,(H,20,24)(H,21,25). The zero-order chi connectivity index (χ0) is 19.4. The Morgan fingerprint density at radius 1 is 1.26 bits per heavy atom. The first kappa shape index (κ1) is 18.4. The summed E-state index contributed by atoms with van der Waals surface area (Å²) in [5, 5.41) is 16.6. The van der Waals surface area contributed by atoms with Crippen molar-refractivity contribution < 1.29 is 14.5 Å².